The molecule has 0 heterocycles. The molecule has 1 aromatic carbocycles. The smallest absolute Gasteiger partial charge is 0.340 e. The second-order valence-electron chi connectivity index (χ2n) is 4.14. The molecule has 0 radical (unpaired) electrons. The molecule has 0 saturated heterocycles. The maximum Gasteiger partial charge on any atom is 0.340 e. The number of rotatable bonds is 3. The highest BCUT2D eigenvalue weighted by atomic mass is 35.5. The largest absolute Gasteiger partial charge is 0.449 e. The summed E-state index contributed by atoms with van der Waals surface area (Å²) in [5, 5.41) is 0.200. The molecule has 0 fully saturated rings. The van der Waals surface area contributed by atoms with Crippen molar-refractivity contribution in [3.8, 4) is 0 Å². The zero-order valence-corrected chi connectivity index (χ0v) is 12.2. The highest BCUT2D eigenvalue weighted by molar-refractivity contribution is 6.44. The van der Waals surface area contributed by atoms with E-state index in [1.54, 1.807) is 14.1 Å². The number of likely N-dealkylation sites (N-methyl/N-ethyl adjacent to an activating group) is 1. The van der Waals surface area contributed by atoms with Crippen LogP contribution in [0.15, 0.2) is 12.1 Å². The molecule has 0 bridgehead atoms. The van der Waals surface area contributed by atoms with Crippen LogP contribution >= 0.6 is 23.2 Å². The maximum absolute atomic E-state index is 11.9. The Hall–Kier alpha value is -1.46. The fourth-order valence-electron chi connectivity index (χ4n) is 1.40. The molecule has 0 aromatic heterocycles. The van der Waals surface area contributed by atoms with Crippen molar-refractivity contribution >= 4 is 40.8 Å². The fraction of sp³-hybridized carbons (Fsp3) is 0.333. The minimum absolute atomic E-state index is 0.0325. The zero-order valence-electron chi connectivity index (χ0n) is 10.7. The summed E-state index contributed by atoms with van der Waals surface area (Å²) in [6, 6.07) is 2.78. The van der Waals surface area contributed by atoms with Gasteiger partial charge >= 0.3 is 5.97 Å². The highest BCUT2D eigenvalue weighted by Gasteiger charge is 2.22. The molecule has 0 spiro atoms. The summed E-state index contributed by atoms with van der Waals surface area (Å²) >= 11 is 11.7. The normalized spacial score (nSPS) is 11.8. The average molecular weight is 305 g/mol. The number of carbonyl (C=O) groups excluding carboxylic acids is 2. The molecule has 0 aliphatic carbocycles. The number of hydrogen-bond donors (Lipinski definition) is 1. The Balaban J connectivity index is 2.93. The van der Waals surface area contributed by atoms with Gasteiger partial charge in [-0.3, -0.25) is 4.79 Å². The number of halogens is 2. The number of amides is 1. The van der Waals surface area contributed by atoms with E-state index in [1.807, 2.05) is 0 Å². The molecule has 0 aliphatic rings. The van der Waals surface area contributed by atoms with Gasteiger partial charge in [0.2, 0.25) is 0 Å². The molecule has 5 nitrogen and oxygen atoms in total. The molecule has 1 amide bonds. The first-order valence-corrected chi connectivity index (χ1v) is 6.16. The summed E-state index contributed by atoms with van der Waals surface area (Å²) in [7, 11) is 3.13. The van der Waals surface area contributed by atoms with E-state index in [9.17, 15) is 9.59 Å². The Bertz CT molecular complexity index is 518. The summed E-state index contributed by atoms with van der Waals surface area (Å²) in [5.74, 6) is -1.08. The van der Waals surface area contributed by atoms with Gasteiger partial charge in [-0.15, -0.1) is 0 Å². The van der Waals surface area contributed by atoms with Gasteiger partial charge in [-0.05, 0) is 19.1 Å². The van der Waals surface area contributed by atoms with Gasteiger partial charge in [0.25, 0.3) is 5.91 Å². The highest BCUT2D eigenvalue weighted by Crippen LogP contribution is 2.29. The van der Waals surface area contributed by atoms with Crippen molar-refractivity contribution in [3.63, 3.8) is 0 Å². The molecular weight excluding hydrogens is 291 g/mol. The standard InChI is InChI=1S/C12H14Cl2N2O3/c1-6(11(17)16(2)3)19-12(18)8-4-7(15)5-9(13)10(8)14/h4-6H,15H2,1-3H3. The first-order chi connectivity index (χ1) is 8.73. The van der Waals surface area contributed by atoms with Crippen LogP contribution in [-0.2, 0) is 9.53 Å². The van der Waals surface area contributed by atoms with Gasteiger partial charge in [0.15, 0.2) is 6.10 Å². The summed E-state index contributed by atoms with van der Waals surface area (Å²) in [6.07, 6.45) is -0.918. The lowest BCUT2D eigenvalue weighted by atomic mass is 10.2. The molecular formula is C12H14Cl2N2O3. The number of carbonyl (C=O) groups is 2. The Morgan fingerprint density at radius 3 is 2.42 bits per heavy atom. The zero-order chi connectivity index (χ0) is 14.7. The monoisotopic (exact) mass is 304 g/mol. The SMILES string of the molecule is CC(OC(=O)c1cc(N)cc(Cl)c1Cl)C(=O)N(C)C. The topological polar surface area (TPSA) is 72.6 Å². The summed E-state index contributed by atoms with van der Waals surface area (Å²) in [4.78, 5) is 24.8. The van der Waals surface area contributed by atoms with Crippen LogP contribution in [0.1, 0.15) is 17.3 Å². The van der Waals surface area contributed by atoms with Gasteiger partial charge in [0, 0.05) is 19.8 Å². The third-order valence-electron chi connectivity index (χ3n) is 2.34. The van der Waals surface area contributed by atoms with E-state index in [-0.39, 0.29) is 27.2 Å². The van der Waals surface area contributed by atoms with Crippen molar-refractivity contribution in [1.82, 2.24) is 4.90 Å². The minimum atomic E-state index is -0.918. The van der Waals surface area contributed by atoms with E-state index in [4.69, 9.17) is 33.7 Å². The molecule has 1 atom stereocenters. The number of nitrogen functional groups attached to an aromatic ring is 1. The third-order valence-corrected chi connectivity index (χ3v) is 3.14. The van der Waals surface area contributed by atoms with Crippen molar-refractivity contribution in [2.45, 2.75) is 13.0 Å². The average Bonchev–Trinajstić information content (AvgIpc) is 2.32. The van der Waals surface area contributed by atoms with E-state index in [0.29, 0.717) is 0 Å². The van der Waals surface area contributed by atoms with Crippen molar-refractivity contribution < 1.29 is 14.3 Å². The fourth-order valence-corrected chi connectivity index (χ4v) is 1.81. The van der Waals surface area contributed by atoms with E-state index in [2.05, 4.69) is 0 Å². The van der Waals surface area contributed by atoms with Crippen molar-refractivity contribution in [2.24, 2.45) is 0 Å². The van der Waals surface area contributed by atoms with Crippen molar-refractivity contribution in [2.75, 3.05) is 19.8 Å². The molecule has 104 valence electrons. The Kier molecular flexibility index (Phi) is 5.03. The Morgan fingerprint density at radius 2 is 1.89 bits per heavy atom. The molecule has 2 N–H and O–H groups in total. The van der Waals surface area contributed by atoms with Gasteiger partial charge in [0.1, 0.15) is 0 Å². The van der Waals surface area contributed by atoms with E-state index < -0.39 is 12.1 Å². The predicted octanol–water partition coefficient (Wildman–Crippen LogP) is 2.21. The summed E-state index contributed by atoms with van der Waals surface area (Å²) in [6.45, 7) is 1.47. The van der Waals surface area contributed by atoms with Crippen LogP contribution in [0.25, 0.3) is 0 Å². The lowest BCUT2D eigenvalue weighted by molar-refractivity contribution is -0.137. The quantitative estimate of drug-likeness (QED) is 0.686. The lowest BCUT2D eigenvalue weighted by Gasteiger charge is -2.17. The number of ether oxygens (including phenoxy) is 1. The second-order valence-corrected chi connectivity index (χ2v) is 4.93. The van der Waals surface area contributed by atoms with Gasteiger partial charge in [0.05, 0.1) is 15.6 Å². The molecule has 19 heavy (non-hydrogen) atoms. The van der Waals surface area contributed by atoms with E-state index in [0.717, 1.165) is 0 Å². The molecule has 0 aliphatic heterocycles. The van der Waals surface area contributed by atoms with Crippen LogP contribution in [0.3, 0.4) is 0 Å². The van der Waals surface area contributed by atoms with Crippen LogP contribution in [0.4, 0.5) is 5.69 Å². The molecule has 0 saturated carbocycles. The first-order valence-electron chi connectivity index (χ1n) is 5.40. The van der Waals surface area contributed by atoms with Gasteiger partial charge in [-0.1, -0.05) is 23.2 Å². The molecule has 1 rings (SSSR count). The van der Waals surface area contributed by atoms with Crippen LogP contribution in [0.2, 0.25) is 10.0 Å². The van der Waals surface area contributed by atoms with E-state index >= 15 is 0 Å². The number of anilines is 1. The van der Waals surface area contributed by atoms with Crippen molar-refractivity contribution in [3.05, 3.63) is 27.7 Å². The number of nitrogens with zero attached hydrogens (tertiary/aromatic N) is 1. The summed E-state index contributed by atoms with van der Waals surface area (Å²) < 4.78 is 5.02. The molecule has 7 heteroatoms. The minimum Gasteiger partial charge on any atom is -0.449 e. The lowest BCUT2D eigenvalue weighted by Crippen LogP contribution is -2.35. The number of benzene rings is 1. The van der Waals surface area contributed by atoms with Gasteiger partial charge in [-0.25, -0.2) is 4.79 Å². The summed E-state index contributed by atoms with van der Waals surface area (Å²) in [5.41, 5.74) is 5.90. The number of esters is 1. The third kappa shape index (κ3) is 3.75. The molecule has 1 unspecified atom stereocenters. The van der Waals surface area contributed by atoms with Gasteiger partial charge < -0.3 is 15.4 Å². The van der Waals surface area contributed by atoms with Crippen LogP contribution < -0.4 is 5.73 Å². The van der Waals surface area contributed by atoms with Crippen LogP contribution in [-0.4, -0.2) is 37.0 Å². The van der Waals surface area contributed by atoms with E-state index in [1.165, 1.54) is 24.0 Å². The second kappa shape index (κ2) is 6.12. The number of nitrogens with two attached hydrogens (primary N) is 1. The predicted molar refractivity (Wildman–Crippen MR) is 74.4 cm³/mol. The van der Waals surface area contributed by atoms with Crippen molar-refractivity contribution in [1.29, 1.82) is 0 Å². The van der Waals surface area contributed by atoms with Crippen LogP contribution in [0.5, 0.6) is 0 Å². The maximum atomic E-state index is 11.9. The molecule has 1 aromatic rings. The van der Waals surface area contributed by atoms with Crippen LogP contribution in [0, 0.1) is 0 Å². The number of hydrogen-bond acceptors (Lipinski definition) is 4. The van der Waals surface area contributed by atoms with Gasteiger partial charge in [-0.2, -0.15) is 0 Å². The Morgan fingerprint density at radius 1 is 1.32 bits per heavy atom. The first kappa shape index (κ1) is 15.6. The Labute approximate surface area is 121 Å².